The molecule has 53 heavy (non-hydrogen) atoms. The van der Waals surface area contributed by atoms with Gasteiger partial charge in [0.05, 0.1) is 76.6 Å². The van der Waals surface area contributed by atoms with Crippen molar-refractivity contribution in [2.75, 3.05) is 103 Å². The second kappa shape index (κ2) is 15.3. The van der Waals surface area contributed by atoms with Crippen molar-refractivity contribution >= 4 is 45.9 Å². The van der Waals surface area contributed by atoms with Gasteiger partial charge in [-0.05, 0) is 24.3 Å². The average molecular weight is 717 g/mol. The fourth-order valence-corrected chi connectivity index (χ4v) is 7.77. The van der Waals surface area contributed by atoms with Crippen LogP contribution in [0, 0.1) is 0 Å². The summed E-state index contributed by atoms with van der Waals surface area (Å²) in [6.45, 7) is 5.41. The van der Waals surface area contributed by atoms with Crippen molar-refractivity contribution in [1.29, 1.82) is 0 Å². The number of carbonyl (C=O) groups is 4. The van der Waals surface area contributed by atoms with Crippen molar-refractivity contribution in [3.63, 3.8) is 0 Å². The van der Waals surface area contributed by atoms with Crippen LogP contribution in [0.4, 0.5) is 22.7 Å². The minimum atomic E-state index is -0.128. The van der Waals surface area contributed by atoms with E-state index < -0.39 is 0 Å². The maximum Gasteiger partial charge on any atom is 0.196 e. The van der Waals surface area contributed by atoms with Gasteiger partial charge in [0.1, 0.15) is 0 Å². The van der Waals surface area contributed by atoms with E-state index in [1.807, 2.05) is 24.3 Å². The fourth-order valence-electron chi connectivity index (χ4n) is 7.77. The van der Waals surface area contributed by atoms with Crippen molar-refractivity contribution in [1.82, 2.24) is 0 Å². The lowest BCUT2D eigenvalue weighted by Gasteiger charge is -2.34. The molecule has 0 spiro atoms. The first kappa shape index (κ1) is 37.4. The molecule has 4 aromatic rings. The van der Waals surface area contributed by atoms with Crippen LogP contribution in [-0.2, 0) is 0 Å². The van der Waals surface area contributed by atoms with Crippen LogP contribution >= 0.6 is 0 Å². The van der Waals surface area contributed by atoms with Gasteiger partial charge in [0.2, 0.25) is 0 Å². The smallest absolute Gasteiger partial charge is 0.196 e. The number of ketones is 4. The summed E-state index contributed by atoms with van der Waals surface area (Å²) in [5.74, 6) is -0.501. The van der Waals surface area contributed by atoms with Crippen molar-refractivity contribution in [2.45, 2.75) is 19.3 Å². The topological polar surface area (TPSA) is 116 Å². The number of nitrogens with zero attached hydrogens (tertiary/aromatic N) is 2. The van der Waals surface area contributed by atoms with Crippen molar-refractivity contribution in [3.8, 4) is 0 Å². The van der Waals surface area contributed by atoms with Crippen LogP contribution < -0.4 is 21.3 Å². The second-order valence-corrected chi connectivity index (χ2v) is 15.4. The summed E-state index contributed by atoms with van der Waals surface area (Å²) in [4.78, 5) is 54.0. The molecule has 0 saturated carbocycles. The maximum atomic E-state index is 13.6. The third-order valence-corrected chi connectivity index (χ3v) is 10.7. The predicted molar refractivity (Wildman–Crippen MR) is 213 cm³/mol. The van der Waals surface area contributed by atoms with Crippen LogP contribution in [0.1, 0.15) is 82.9 Å². The molecule has 0 amide bonds. The lowest BCUT2D eigenvalue weighted by Crippen LogP contribution is -2.46. The van der Waals surface area contributed by atoms with Crippen molar-refractivity contribution < 1.29 is 28.1 Å². The zero-order valence-electron chi connectivity index (χ0n) is 31.8. The molecular formula is C43H52N6O4+2. The van der Waals surface area contributed by atoms with Gasteiger partial charge in [-0.25, -0.2) is 0 Å². The Morgan fingerprint density at radius 3 is 1.02 bits per heavy atom. The highest BCUT2D eigenvalue weighted by molar-refractivity contribution is 6.33. The second-order valence-electron chi connectivity index (χ2n) is 15.4. The van der Waals surface area contributed by atoms with Gasteiger partial charge >= 0.3 is 0 Å². The Labute approximate surface area is 312 Å². The highest BCUT2D eigenvalue weighted by Gasteiger charge is 2.35. The normalized spacial score (nSPS) is 13.5. The monoisotopic (exact) mass is 716 g/mol. The average Bonchev–Trinajstić information content (AvgIpc) is 3.15. The first-order valence-electron chi connectivity index (χ1n) is 18.6. The summed E-state index contributed by atoms with van der Waals surface area (Å²) in [6, 6.07) is 21.6. The molecule has 10 nitrogen and oxygen atoms in total. The fraction of sp³-hybridized carbons (Fsp3) is 0.349. The Bertz CT molecular complexity index is 1940. The van der Waals surface area contributed by atoms with Crippen molar-refractivity contribution in [3.05, 3.63) is 117 Å². The standard InChI is InChI=1S/C43H50N6O4/c1-44-32-18-20-34(38-36(32)40(50)28-14-7-9-16-30(28)42(38)52)46-22-11-24-48(3,4)26-13-27-49(5,6)25-12-23-47-35-21-19-33(45-2)37-39(35)43(53)31-17-10-8-15-29(31)41(37)51/h7-10,14-21H,11-13,22-27H2,1-6H3,(H2-2,44,45,46,47,50,51,52,53)/p+2. The SMILES string of the molecule is CNc1ccc(NCCC[N+](C)(C)CCC[N+](C)(C)CCCNc2ccc(NC)c3c2C(=O)c2ccccc2C3=O)c2c1C(=O)c1ccccc1C2=O. The van der Waals surface area contributed by atoms with Crippen molar-refractivity contribution in [2.24, 2.45) is 0 Å². The molecule has 0 bridgehead atoms. The molecule has 0 aliphatic heterocycles. The largest absolute Gasteiger partial charge is 0.388 e. The number of nitrogens with one attached hydrogen (secondary N) is 4. The molecule has 2 aliphatic carbocycles. The van der Waals surface area contributed by atoms with E-state index in [9.17, 15) is 19.2 Å². The quantitative estimate of drug-likeness (QED) is 0.0695. The highest BCUT2D eigenvalue weighted by Crippen LogP contribution is 2.38. The molecule has 2 aliphatic rings. The van der Waals surface area contributed by atoms with Crippen LogP contribution in [0.2, 0.25) is 0 Å². The van der Waals surface area contributed by atoms with E-state index in [-0.39, 0.29) is 23.1 Å². The number of carbonyl (C=O) groups excluding carboxylic acids is 4. The first-order valence-corrected chi connectivity index (χ1v) is 18.6. The van der Waals surface area contributed by atoms with Gasteiger partial charge in [0.25, 0.3) is 0 Å². The van der Waals surface area contributed by atoms with E-state index in [4.69, 9.17) is 0 Å². The summed E-state index contributed by atoms with van der Waals surface area (Å²) in [6.07, 6.45) is 2.90. The molecule has 0 unspecified atom stereocenters. The van der Waals surface area contributed by atoms with Crippen LogP contribution in [0.3, 0.4) is 0 Å². The minimum absolute atomic E-state index is 0.123. The molecule has 0 fully saturated rings. The van der Waals surface area contributed by atoms with Gasteiger partial charge < -0.3 is 30.2 Å². The third-order valence-electron chi connectivity index (χ3n) is 10.7. The van der Waals surface area contributed by atoms with Crippen LogP contribution in [-0.4, -0.2) is 114 Å². The van der Waals surface area contributed by atoms with Gasteiger partial charge in [0.15, 0.2) is 23.1 Å². The van der Waals surface area contributed by atoms with Crippen LogP contribution in [0.5, 0.6) is 0 Å². The summed E-state index contributed by atoms with van der Waals surface area (Å²) in [5, 5.41) is 13.1. The number of benzene rings is 4. The Morgan fingerprint density at radius 1 is 0.415 bits per heavy atom. The minimum Gasteiger partial charge on any atom is -0.388 e. The van der Waals surface area contributed by atoms with E-state index in [1.54, 1.807) is 62.6 Å². The molecule has 4 N–H and O–H groups in total. The van der Waals surface area contributed by atoms with Crippen LogP contribution in [0.15, 0.2) is 72.8 Å². The number of hydrogen-bond acceptors (Lipinski definition) is 8. The summed E-state index contributed by atoms with van der Waals surface area (Å²) in [5.41, 5.74) is 6.31. The van der Waals surface area contributed by atoms with Gasteiger partial charge in [-0.15, -0.1) is 0 Å². The van der Waals surface area contributed by atoms with Gasteiger partial charge in [-0.3, -0.25) is 19.2 Å². The molecule has 0 heterocycles. The number of rotatable bonds is 16. The number of hydrogen-bond donors (Lipinski definition) is 4. The molecule has 276 valence electrons. The maximum absolute atomic E-state index is 13.6. The number of fused-ring (bicyclic) bond motifs is 4. The Kier molecular flexibility index (Phi) is 10.8. The molecular weight excluding hydrogens is 665 g/mol. The van der Waals surface area contributed by atoms with E-state index in [0.29, 0.717) is 80.3 Å². The molecule has 4 aromatic carbocycles. The Balaban J connectivity index is 0.970. The molecule has 0 aromatic heterocycles. The highest BCUT2D eigenvalue weighted by atomic mass is 16.1. The molecule has 0 radical (unpaired) electrons. The lowest BCUT2D eigenvalue weighted by atomic mass is 9.82. The van der Waals surface area contributed by atoms with Gasteiger partial charge in [-0.1, -0.05) is 48.5 Å². The van der Waals surface area contributed by atoms with E-state index >= 15 is 0 Å². The summed E-state index contributed by atoms with van der Waals surface area (Å²) < 4.78 is 1.77. The zero-order chi connectivity index (χ0) is 37.9. The first-order chi connectivity index (χ1) is 25.4. The van der Waals surface area contributed by atoms with Crippen LogP contribution in [0.25, 0.3) is 0 Å². The number of quaternary nitrogens is 2. The Hall–Kier alpha value is -5.32. The van der Waals surface area contributed by atoms with E-state index in [1.165, 1.54) is 0 Å². The van der Waals surface area contributed by atoms with E-state index in [0.717, 1.165) is 54.4 Å². The third kappa shape index (κ3) is 7.61. The molecule has 0 atom stereocenters. The zero-order valence-corrected chi connectivity index (χ0v) is 31.8. The molecule has 0 saturated heterocycles. The molecule has 10 heteroatoms. The predicted octanol–water partition coefficient (Wildman–Crippen LogP) is 6.17. The Morgan fingerprint density at radius 2 is 0.698 bits per heavy atom. The molecule has 6 rings (SSSR count). The van der Waals surface area contributed by atoms with Gasteiger partial charge in [0, 0.05) is 91.5 Å². The summed E-state index contributed by atoms with van der Waals surface area (Å²) in [7, 11) is 12.6. The number of anilines is 4. The lowest BCUT2D eigenvalue weighted by molar-refractivity contribution is -0.909. The van der Waals surface area contributed by atoms with E-state index in [2.05, 4.69) is 49.5 Å². The summed E-state index contributed by atoms with van der Waals surface area (Å²) >= 11 is 0. The van der Waals surface area contributed by atoms with Gasteiger partial charge in [-0.2, -0.15) is 0 Å².